The van der Waals surface area contributed by atoms with Crippen molar-refractivity contribution < 1.29 is 4.79 Å². The van der Waals surface area contributed by atoms with E-state index in [4.69, 9.17) is 5.10 Å². The quantitative estimate of drug-likeness (QED) is 0.885. The lowest BCUT2D eigenvalue weighted by Gasteiger charge is -2.14. The van der Waals surface area contributed by atoms with Crippen LogP contribution in [-0.2, 0) is 10.2 Å². The van der Waals surface area contributed by atoms with Gasteiger partial charge in [0.15, 0.2) is 0 Å². The van der Waals surface area contributed by atoms with Crippen LogP contribution in [0.2, 0.25) is 0 Å². The summed E-state index contributed by atoms with van der Waals surface area (Å²) in [6.45, 7) is 10.9. The second-order valence-electron chi connectivity index (χ2n) is 7.36. The number of hydrogen-bond acceptors (Lipinski definition) is 3. The summed E-state index contributed by atoms with van der Waals surface area (Å²) < 4.78 is 1.82. The van der Waals surface area contributed by atoms with Gasteiger partial charge in [-0.25, -0.2) is 4.68 Å². The van der Waals surface area contributed by atoms with Crippen molar-refractivity contribution in [2.75, 3.05) is 18.9 Å². The van der Waals surface area contributed by atoms with Gasteiger partial charge >= 0.3 is 0 Å². The van der Waals surface area contributed by atoms with E-state index in [0.29, 0.717) is 12.4 Å². The second-order valence-corrected chi connectivity index (χ2v) is 7.36. The summed E-state index contributed by atoms with van der Waals surface area (Å²) in [5, 5.41) is 10.8. The molecule has 2 N–H and O–H groups in total. The number of carbonyl (C=O) groups is 1. The predicted octanol–water partition coefficient (Wildman–Crippen LogP) is 3.27. The van der Waals surface area contributed by atoms with Crippen LogP contribution in [0.25, 0.3) is 5.69 Å². The third-order valence-electron chi connectivity index (χ3n) is 3.93. The van der Waals surface area contributed by atoms with Gasteiger partial charge in [0, 0.05) is 23.9 Å². The lowest BCUT2D eigenvalue weighted by molar-refractivity contribution is -0.119. The molecule has 0 bridgehead atoms. The molecular formula is C19H28N4O. The number of amides is 1. The molecule has 0 spiro atoms. The third kappa shape index (κ3) is 4.23. The van der Waals surface area contributed by atoms with Gasteiger partial charge in [0.05, 0.1) is 11.4 Å². The van der Waals surface area contributed by atoms with Crippen LogP contribution >= 0.6 is 0 Å². The van der Waals surface area contributed by atoms with Gasteiger partial charge in [0.1, 0.15) is 5.82 Å². The van der Waals surface area contributed by atoms with E-state index in [9.17, 15) is 4.79 Å². The summed E-state index contributed by atoms with van der Waals surface area (Å²) in [5.41, 5.74) is 2.95. The molecule has 130 valence electrons. The van der Waals surface area contributed by atoms with Crippen LogP contribution in [0.4, 0.5) is 5.82 Å². The van der Waals surface area contributed by atoms with Gasteiger partial charge in [-0.15, -0.1) is 0 Å². The molecule has 2 rings (SSSR count). The Morgan fingerprint density at radius 3 is 2.58 bits per heavy atom. The zero-order chi connectivity index (χ0) is 17.9. The lowest BCUT2D eigenvalue weighted by Crippen LogP contribution is -2.29. The maximum atomic E-state index is 12.4. The molecule has 5 heteroatoms. The largest absolute Gasteiger partial charge is 0.319 e. The van der Waals surface area contributed by atoms with Crippen LogP contribution in [-0.4, -0.2) is 29.3 Å². The van der Waals surface area contributed by atoms with Crippen molar-refractivity contribution in [3.63, 3.8) is 0 Å². The standard InChI is InChI=1S/C19H28N4O/c1-13-8-7-9-15(10-13)23-17(11-16(22-23)19(3,4)5)21-18(24)14(2)12-20-6/h7-11,14,20H,12H2,1-6H3,(H,21,24). The zero-order valence-electron chi connectivity index (χ0n) is 15.5. The van der Waals surface area contributed by atoms with Gasteiger partial charge in [0.2, 0.25) is 5.91 Å². The summed E-state index contributed by atoms with van der Waals surface area (Å²) in [6.07, 6.45) is 0. The maximum absolute atomic E-state index is 12.4. The molecule has 2 aromatic rings. The Morgan fingerprint density at radius 1 is 1.29 bits per heavy atom. The highest BCUT2D eigenvalue weighted by Gasteiger charge is 2.22. The molecular weight excluding hydrogens is 300 g/mol. The summed E-state index contributed by atoms with van der Waals surface area (Å²) in [6, 6.07) is 10.1. The van der Waals surface area contributed by atoms with Crippen molar-refractivity contribution in [2.24, 2.45) is 5.92 Å². The first-order valence-electron chi connectivity index (χ1n) is 8.35. The van der Waals surface area contributed by atoms with E-state index in [1.165, 1.54) is 0 Å². The summed E-state index contributed by atoms with van der Waals surface area (Å²) in [5.74, 6) is 0.575. The fraction of sp³-hybridized carbons (Fsp3) is 0.474. The molecule has 1 amide bonds. The summed E-state index contributed by atoms with van der Waals surface area (Å²) in [7, 11) is 1.85. The minimum atomic E-state index is -0.117. The Balaban J connectivity index is 2.42. The molecule has 1 aromatic heterocycles. The zero-order valence-corrected chi connectivity index (χ0v) is 15.5. The average molecular weight is 328 g/mol. The van der Waals surface area contributed by atoms with Crippen LogP contribution in [0.5, 0.6) is 0 Å². The van der Waals surface area contributed by atoms with E-state index < -0.39 is 0 Å². The number of anilines is 1. The topological polar surface area (TPSA) is 59.0 Å². The number of rotatable bonds is 5. The molecule has 0 fully saturated rings. The molecule has 1 atom stereocenters. The molecule has 0 aliphatic heterocycles. The molecule has 1 heterocycles. The number of benzene rings is 1. The molecule has 24 heavy (non-hydrogen) atoms. The van der Waals surface area contributed by atoms with E-state index in [2.05, 4.69) is 37.5 Å². The van der Waals surface area contributed by atoms with E-state index in [0.717, 1.165) is 16.9 Å². The highest BCUT2D eigenvalue weighted by Crippen LogP contribution is 2.26. The summed E-state index contributed by atoms with van der Waals surface area (Å²) >= 11 is 0. The molecule has 1 unspecified atom stereocenters. The van der Waals surface area contributed by atoms with Crippen LogP contribution in [0.1, 0.15) is 39.0 Å². The fourth-order valence-electron chi connectivity index (χ4n) is 2.44. The number of carbonyl (C=O) groups excluding carboxylic acids is 1. The second kappa shape index (κ2) is 7.18. The average Bonchev–Trinajstić information content (AvgIpc) is 2.91. The van der Waals surface area contributed by atoms with Crippen molar-refractivity contribution in [3.8, 4) is 5.69 Å². The highest BCUT2D eigenvalue weighted by atomic mass is 16.2. The van der Waals surface area contributed by atoms with E-state index in [-0.39, 0.29) is 17.2 Å². The number of aromatic nitrogens is 2. The Hall–Kier alpha value is -2.14. The van der Waals surface area contributed by atoms with Gasteiger partial charge in [-0.3, -0.25) is 4.79 Å². The van der Waals surface area contributed by atoms with Gasteiger partial charge in [-0.2, -0.15) is 5.10 Å². The number of hydrogen-bond donors (Lipinski definition) is 2. The molecule has 0 radical (unpaired) electrons. The van der Waals surface area contributed by atoms with Crippen LogP contribution in [0, 0.1) is 12.8 Å². The normalized spacial score (nSPS) is 12.9. The van der Waals surface area contributed by atoms with Gasteiger partial charge in [-0.1, -0.05) is 39.8 Å². The Bertz CT molecular complexity index is 712. The maximum Gasteiger partial charge on any atom is 0.229 e. The SMILES string of the molecule is CNCC(C)C(=O)Nc1cc(C(C)(C)C)nn1-c1cccc(C)c1. The number of aryl methyl sites for hydroxylation is 1. The highest BCUT2D eigenvalue weighted by molar-refractivity contribution is 5.92. The monoisotopic (exact) mass is 328 g/mol. The molecule has 5 nitrogen and oxygen atoms in total. The fourth-order valence-corrected chi connectivity index (χ4v) is 2.44. The van der Waals surface area contributed by atoms with E-state index >= 15 is 0 Å². The minimum Gasteiger partial charge on any atom is -0.319 e. The molecule has 0 saturated carbocycles. The first kappa shape index (κ1) is 18.2. The van der Waals surface area contributed by atoms with Crippen molar-refractivity contribution in [2.45, 2.75) is 40.0 Å². The molecule has 0 saturated heterocycles. The molecule has 0 aliphatic rings. The Morgan fingerprint density at radius 2 is 2.00 bits per heavy atom. The van der Waals surface area contributed by atoms with Crippen molar-refractivity contribution in [1.29, 1.82) is 0 Å². The smallest absolute Gasteiger partial charge is 0.229 e. The van der Waals surface area contributed by atoms with Crippen LogP contribution in [0.3, 0.4) is 0 Å². The van der Waals surface area contributed by atoms with Gasteiger partial charge in [-0.05, 0) is 31.7 Å². The molecule has 1 aromatic carbocycles. The summed E-state index contributed by atoms with van der Waals surface area (Å²) in [4.78, 5) is 12.4. The van der Waals surface area contributed by atoms with Crippen LogP contribution < -0.4 is 10.6 Å². The molecule has 0 aliphatic carbocycles. The van der Waals surface area contributed by atoms with Crippen molar-refractivity contribution >= 4 is 11.7 Å². The predicted molar refractivity (Wildman–Crippen MR) is 98.7 cm³/mol. The lowest BCUT2D eigenvalue weighted by atomic mass is 9.92. The van der Waals surface area contributed by atoms with E-state index in [1.54, 1.807) is 0 Å². The van der Waals surface area contributed by atoms with Crippen LogP contribution in [0.15, 0.2) is 30.3 Å². The first-order valence-corrected chi connectivity index (χ1v) is 8.35. The number of nitrogens with one attached hydrogen (secondary N) is 2. The van der Waals surface area contributed by atoms with Gasteiger partial charge < -0.3 is 10.6 Å². The minimum absolute atomic E-state index is 0.0152. The Labute approximate surface area is 144 Å². The Kier molecular flexibility index (Phi) is 5.44. The van der Waals surface area contributed by atoms with E-state index in [1.807, 2.05) is 49.8 Å². The number of nitrogens with zero attached hydrogens (tertiary/aromatic N) is 2. The first-order chi connectivity index (χ1) is 11.2. The van der Waals surface area contributed by atoms with Crippen molar-refractivity contribution in [1.82, 2.24) is 15.1 Å². The third-order valence-corrected chi connectivity index (χ3v) is 3.93. The van der Waals surface area contributed by atoms with Gasteiger partial charge in [0.25, 0.3) is 0 Å². The van der Waals surface area contributed by atoms with Crippen molar-refractivity contribution in [3.05, 3.63) is 41.6 Å².